The summed E-state index contributed by atoms with van der Waals surface area (Å²) in [5, 5.41) is 5.81. The second-order valence-electron chi connectivity index (χ2n) is 16.5. The topological polar surface area (TPSA) is 0 Å². The van der Waals surface area contributed by atoms with Gasteiger partial charge in [0.25, 0.3) is 0 Å². The molecule has 0 bridgehead atoms. The van der Waals surface area contributed by atoms with Crippen LogP contribution < -0.4 is 20.8 Å². The zero-order valence-corrected chi connectivity index (χ0v) is 34.2. The Hall–Kier alpha value is -2.95. The molecule has 0 heterocycles. The second-order valence-corrected chi connectivity index (χ2v) is 27.0. The van der Waals surface area contributed by atoms with Crippen LogP contribution in [0.25, 0.3) is 22.8 Å². The van der Waals surface area contributed by atoms with Crippen molar-refractivity contribution in [3.8, 4) is 11.1 Å². The van der Waals surface area contributed by atoms with Crippen LogP contribution in [0.1, 0.15) is 111 Å². The van der Waals surface area contributed by atoms with Crippen molar-refractivity contribution in [2.24, 2.45) is 0 Å². The van der Waals surface area contributed by atoms with E-state index in [0.29, 0.717) is 0 Å². The highest BCUT2D eigenvalue weighted by Gasteiger charge is 2.31. The normalized spacial score (nSPS) is 13.2. The molecule has 0 nitrogen and oxygen atoms in total. The maximum atomic E-state index is 4.01. The van der Waals surface area contributed by atoms with Gasteiger partial charge in [-0.2, -0.15) is 0 Å². The van der Waals surface area contributed by atoms with Gasteiger partial charge in [0.1, 0.15) is 0 Å². The lowest BCUT2D eigenvalue weighted by Crippen LogP contribution is -2.45. The molecule has 0 N–H and O–H groups in total. The highest BCUT2D eigenvalue weighted by Crippen LogP contribution is 2.34. The summed E-state index contributed by atoms with van der Waals surface area (Å²) in [5.74, 6) is 0. The van der Waals surface area contributed by atoms with Gasteiger partial charge in [0.05, 0.1) is 16.1 Å². The minimum absolute atomic E-state index is 0.0358. The van der Waals surface area contributed by atoms with E-state index in [-0.39, 0.29) is 10.8 Å². The van der Waals surface area contributed by atoms with Crippen molar-refractivity contribution in [3.05, 3.63) is 117 Å². The molecule has 0 spiro atoms. The van der Waals surface area contributed by atoms with Crippen LogP contribution in [-0.4, -0.2) is 16.1 Å². The molecule has 4 aromatic rings. The highest BCUT2D eigenvalue weighted by atomic mass is 28.3. The van der Waals surface area contributed by atoms with E-state index < -0.39 is 16.1 Å². The Morgan fingerprint density at radius 2 is 0.958 bits per heavy atom. The van der Waals surface area contributed by atoms with Gasteiger partial charge in [0, 0.05) is 0 Å². The average Bonchev–Trinajstić information content (AvgIpc) is 3.46. The largest absolute Gasteiger partial charge is 0.0859 e. The molecule has 0 saturated carbocycles. The minimum atomic E-state index is -1.49. The van der Waals surface area contributed by atoms with Crippen LogP contribution >= 0.6 is 0 Å². The van der Waals surface area contributed by atoms with E-state index in [4.69, 9.17) is 0 Å². The lowest BCUT2D eigenvalue weighted by Gasteiger charge is -2.29. The van der Waals surface area contributed by atoms with Gasteiger partial charge in [-0.1, -0.05) is 203 Å². The van der Waals surface area contributed by atoms with Gasteiger partial charge in [0.2, 0.25) is 0 Å². The fourth-order valence-corrected chi connectivity index (χ4v) is 15.7. The molecule has 1 radical (unpaired) electrons. The molecule has 0 aliphatic heterocycles. The van der Waals surface area contributed by atoms with Gasteiger partial charge >= 0.3 is 0 Å². The zero-order valence-electron chi connectivity index (χ0n) is 32.2. The van der Waals surface area contributed by atoms with Crippen molar-refractivity contribution < 1.29 is 0 Å². The van der Waals surface area contributed by atoms with Crippen LogP contribution in [0.3, 0.4) is 0 Å². The predicted octanol–water partition coefficient (Wildman–Crippen LogP) is 10.6. The fraction of sp³-hybridized carbons (Fsp3) is 0.435. The van der Waals surface area contributed by atoms with Crippen molar-refractivity contribution in [1.82, 2.24) is 0 Å². The quantitative estimate of drug-likeness (QED) is 0.130. The van der Waals surface area contributed by atoms with Gasteiger partial charge in [0.15, 0.2) is 0 Å². The number of hydrogen-bond acceptors (Lipinski definition) is 0. The van der Waals surface area contributed by atoms with E-state index in [1.165, 1.54) is 91.2 Å². The van der Waals surface area contributed by atoms with Crippen molar-refractivity contribution in [2.75, 3.05) is 0 Å². The Balaban J connectivity index is 1.90. The number of hydrogen-bond donors (Lipinski definition) is 0. The molecule has 0 unspecified atom stereocenters. The summed E-state index contributed by atoms with van der Waals surface area (Å²) in [5.41, 5.74) is 10.6. The van der Waals surface area contributed by atoms with E-state index in [0.717, 1.165) is 0 Å². The molecule has 1 aliphatic carbocycles. The molecule has 0 saturated heterocycles. The summed E-state index contributed by atoms with van der Waals surface area (Å²) >= 11 is 0. The first-order valence-corrected chi connectivity index (χ1v) is 24.1. The number of benzene rings is 4. The SMILES string of the molecule is CC[Si](CC)(CC)c1ccc(C(c2ccc([Si](CC)(CC)CC)cc2)=c2c(C(C)(C)C)ccc3c2=[C]c2cc(C(C)(C)C)ccc2-3)cc1. The monoisotopic (exact) mass is 669 g/mol. The lowest BCUT2D eigenvalue weighted by atomic mass is 9.81. The van der Waals surface area contributed by atoms with E-state index in [2.05, 4.69) is 168 Å². The van der Waals surface area contributed by atoms with E-state index in [1.807, 2.05) is 0 Å². The molecule has 0 fully saturated rings. The van der Waals surface area contributed by atoms with Crippen molar-refractivity contribution in [3.63, 3.8) is 0 Å². The molecule has 253 valence electrons. The number of fused-ring (bicyclic) bond motifs is 3. The lowest BCUT2D eigenvalue weighted by molar-refractivity contribution is 0.585. The molecule has 4 aromatic carbocycles. The van der Waals surface area contributed by atoms with Crippen LogP contribution in [0.2, 0.25) is 36.3 Å². The van der Waals surface area contributed by atoms with Crippen LogP contribution in [0.15, 0.2) is 78.9 Å². The highest BCUT2D eigenvalue weighted by molar-refractivity contribution is 6.92. The third kappa shape index (κ3) is 6.40. The first-order chi connectivity index (χ1) is 22.7. The van der Waals surface area contributed by atoms with E-state index in [9.17, 15) is 0 Å². The van der Waals surface area contributed by atoms with Crippen molar-refractivity contribution in [2.45, 2.75) is 130 Å². The summed E-state index contributed by atoms with van der Waals surface area (Å²) in [6, 6.07) is 39.4. The third-order valence-electron chi connectivity index (χ3n) is 12.3. The minimum Gasteiger partial charge on any atom is -0.0675 e. The van der Waals surface area contributed by atoms with E-state index >= 15 is 0 Å². The molecule has 5 rings (SSSR count). The Morgan fingerprint density at radius 3 is 1.35 bits per heavy atom. The standard InChI is InChI=1S/C46H61Si2/c1-13-47(14-2,15-3)37-24-19-33(20-25-37)43(34-21-26-38(27-22-34)48(16-4,17-5)18-6)44-41-32-35-31-36(45(7,8)9)23-28-39(35)40(41)29-30-42(44)46(10,11)12/h19-31H,13-18H2,1-12H3. The molecule has 0 atom stereocenters. The zero-order chi connectivity index (χ0) is 35.1. The summed E-state index contributed by atoms with van der Waals surface area (Å²) in [4.78, 5) is 0. The molecule has 48 heavy (non-hydrogen) atoms. The van der Waals surface area contributed by atoms with Crippen molar-refractivity contribution >= 4 is 38.2 Å². The van der Waals surface area contributed by atoms with Crippen LogP contribution in [0.4, 0.5) is 0 Å². The Bertz CT molecular complexity index is 1790. The molecule has 2 heteroatoms. The fourth-order valence-electron chi connectivity index (χ4n) is 8.49. The molecular weight excluding hydrogens is 609 g/mol. The Morgan fingerprint density at radius 1 is 0.521 bits per heavy atom. The molecular formula is C46H61Si2. The molecule has 0 amide bonds. The number of rotatable bonds is 10. The maximum Gasteiger partial charge on any atom is 0.0859 e. The molecule has 1 aliphatic rings. The first kappa shape index (κ1) is 36.3. The van der Waals surface area contributed by atoms with Crippen molar-refractivity contribution in [1.29, 1.82) is 0 Å². The van der Waals surface area contributed by atoms with Gasteiger partial charge in [-0.25, -0.2) is 0 Å². The average molecular weight is 670 g/mol. The summed E-state index contributed by atoms with van der Waals surface area (Å²) < 4.78 is 0. The molecule has 0 aromatic heterocycles. The summed E-state index contributed by atoms with van der Waals surface area (Å²) in [7, 11) is -2.98. The Kier molecular flexibility index (Phi) is 10.4. The van der Waals surface area contributed by atoms with Gasteiger partial charge < -0.3 is 0 Å². The second kappa shape index (κ2) is 13.8. The first-order valence-electron chi connectivity index (χ1n) is 18.9. The summed E-state index contributed by atoms with van der Waals surface area (Å²) in [6.07, 6.45) is 4.01. The smallest absolute Gasteiger partial charge is 0.0675 e. The van der Waals surface area contributed by atoms with Crippen LogP contribution in [-0.2, 0) is 10.8 Å². The van der Waals surface area contributed by atoms with E-state index in [1.54, 1.807) is 10.4 Å². The van der Waals surface area contributed by atoms with Gasteiger partial charge in [-0.3, -0.25) is 0 Å². The maximum absolute atomic E-state index is 4.01. The third-order valence-corrected chi connectivity index (χ3v) is 23.6. The van der Waals surface area contributed by atoms with Gasteiger partial charge in [-0.05, 0) is 77.9 Å². The van der Waals surface area contributed by atoms with Gasteiger partial charge in [-0.15, -0.1) is 0 Å². The van der Waals surface area contributed by atoms with Crippen LogP contribution in [0.5, 0.6) is 0 Å². The van der Waals surface area contributed by atoms with Crippen LogP contribution in [0, 0.1) is 0 Å². The Labute approximate surface area is 295 Å². The summed E-state index contributed by atoms with van der Waals surface area (Å²) in [6.45, 7) is 28.5. The predicted molar refractivity (Wildman–Crippen MR) is 219 cm³/mol.